The maximum absolute atomic E-state index is 12.5. The maximum Gasteiger partial charge on any atom is 0.218 e. The summed E-state index contributed by atoms with van der Waals surface area (Å²) in [5.74, 6) is 1.38. The van der Waals surface area contributed by atoms with Crippen LogP contribution < -0.4 is 10.1 Å². The highest BCUT2D eigenvalue weighted by atomic mass is 127. The van der Waals surface area contributed by atoms with Crippen molar-refractivity contribution in [3.63, 3.8) is 0 Å². The fraction of sp³-hybridized carbons (Fsp3) is 0.700. The molecule has 0 bridgehead atoms. The lowest BCUT2D eigenvalue weighted by atomic mass is 10.2. The van der Waals surface area contributed by atoms with Crippen LogP contribution in [-0.4, -0.2) is 86.9 Å². The molecule has 1 fully saturated rings. The van der Waals surface area contributed by atoms with Crippen LogP contribution in [0.4, 0.5) is 0 Å². The van der Waals surface area contributed by atoms with Gasteiger partial charge in [0.05, 0.1) is 25.1 Å². The van der Waals surface area contributed by atoms with E-state index in [1.165, 1.54) is 4.31 Å². The number of guanidine groups is 1. The first-order valence-corrected chi connectivity index (χ1v) is 12.1. The van der Waals surface area contributed by atoms with Gasteiger partial charge >= 0.3 is 0 Å². The Bertz CT molecular complexity index is 784. The van der Waals surface area contributed by atoms with E-state index in [2.05, 4.69) is 27.1 Å². The molecule has 0 amide bonds. The van der Waals surface area contributed by atoms with Gasteiger partial charge in [-0.25, -0.2) is 13.4 Å². The van der Waals surface area contributed by atoms with Crippen molar-refractivity contribution in [3.8, 4) is 5.88 Å². The van der Waals surface area contributed by atoms with Gasteiger partial charge in [-0.3, -0.25) is 4.99 Å². The van der Waals surface area contributed by atoms with Crippen LogP contribution in [0.25, 0.3) is 0 Å². The molecule has 0 spiro atoms. The van der Waals surface area contributed by atoms with Crippen molar-refractivity contribution in [2.75, 3.05) is 52.2 Å². The molecule has 2 rings (SSSR count). The number of nitrogens with zero attached hydrogens (tertiary/aromatic N) is 4. The second kappa shape index (κ2) is 14.1. The van der Waals surface area contributed by atoms with Gasteiger partial charge in [0.15, 0.2) is 5.96 Å². The van der Waals surface area contributed by atoms with E-state index in [0.717, 1.165) is 17.9 Å². The summed E-state index contributed by atoms with van der Waals surface area (Å²) in [7, 11) is -1.58. The van der Waals surface area contributed by atoms with Crippen LogP contribution in [0.1, 0.15) is 32.8 Å². The first-order valence-electron chi connectivity index (χ1n) is 10.5. The van der Waals surface area contributed by atoms with E-state index in [4.69, 9.17) is 9.47 Å². The average Bonchev–Trinajstić information content (AvgIpc) is 2.73. The molecular formula is C20H36IN5O4S. The van der Waals surface area contributed by atoms with Crippen LogP contribution in [0.3, 0.4) is 0 Å². The van der Waals surface area contributed by atoms with Gasteiger partial charge in [0.2, 0.25) is 15.9 Å². The van der Waals surface area contributed by atoms with Crippen LogP contribution in [0.15, 0.2) is 23.3 Å². The molecule has 0 aromatic carbocycles. The molecule has 0 radical (unpaired) electrons. The lowest BCUT2D eigenvalue weighted by molar-refractivity contribution is 0.0904. The lowest BCUT2D eigenvalue weighted by Crippen LogP contribution is -2.54. The van der Waals surface area contributed by atoms with Crippen molar-refractivity contribution in [1.29, 1.82) is 0 Å². The smallest absolute Gasteiger partial charge is 0.218 e. The predicted molar refractivity (Wildman–Crippen MR) is 134 cm³/mol. The predicted octanol–water partition coefficient (Wildman–Crippen LogP) is 1.94. The van der Waals surface area contributed by atoms with E-state index >= 15 is 0 Å². The Labute approximate surface area is 203 Å². The number of ether oxygens (including phenoxy) is 2. The summed E-state index contributed by atoms with van der Waals surface area (Å²) < 4.78 is 37.7. The van der Waals surface area contributed by atoms with Gasteiger partial charge in [-0.15, -0.1) is 24.0 Å². The number of aromatic nitrogens is 1. The zero-order valence-corrected chi connectivity index (χ0v) is 22.1. The topological polar surface area (TPSA) is 96.4 Å². The summed E-state index contributed by atoms with van der Waals surface area (Å²) in [4.78, 5) is 10.7. The highest BCUT2D eigenvalue weighted by molar-refractivity contribution is 14.0. The minimum Gasteiger partial charge on any atom is -0.477 e. The number of halogens is 1. The van der Waals surface area contributed by atoms with Crippen LogP contribution in [0.5, 0.6) is 5.88 Å². The van der Waals surface area contributed by atoms with E-state index in [-0.39, 0.29) is 42.4 Å². The summed E-state index contributed by atoms with van der Waals surface area (Å²) in [6, 6.07) is 3.85. The number of hydrogen-bond donors (Lipinski definition) is 1. The number of nitrogens with one attached hydrogen (secondary N) is 1. The summed E-state index contributed by atoms with van der Waals surface area (Å²) in [6.45, 7) is 9.25. The Morgan fingerprint density at radius 1 is 1.26 bits per heavy atom. The normalized spacial score (nSPS) is 15.6. The Kier molecular flexibility index (Phi) is 12.6. The van der Waals surface area contributed by atoms with Gasteiger partial charge < -0.3 is 19.7 Å². The molecule has 31 heavy (non-hydrogen) atoms. The van der Waals surface area contributed by atoms with Gasteiger partial charge in [-0.1, -0.05) is 13.0 Å². The fourth-order valence-electron chi connectivity index (χ4n) is 3.09. The van der Waals surface area contributed by atoms with Gasteiger partial charge in [-0.05, 0) is 26.3 Å². The van der Waals surface area contributed by atoms with E-state index in [9.17, 15) is 8.42 Å². The second-order valence-corrected chi connectivity index (χ2v) is 9.43. The third kappa shape index (κ3) is 9.07. The molecule has 1 aliphatic heterocycles. The zero-order valence-electron chi connectivity index (χ0n) is 18.9. The molecule has 1 aromatic heterocycles. The number of sulfonamides is 1. The van der Waals surface area contributed by atoms with Crippen LogP contribution >= 0.6 is 24.0 Å². The first kappa shape index (κ1) is 27.9. The van der Waals surface area contributed by atoms with E-state index in [0.29, 0.717) is 45.2 Å². The number of aliphatic imine (C=N–C) groups is 1. The Hall–Kier alpha value is -1.18. The molecule has 1 saturated heterocycles. The van der Waals surface area contributed by atoms with Gasteiger partial charge in [0.25, 0.3) is 0 Å². The molecule has 11 heteroatoms. The summed E-state index contributed by atoms with van der Waals surface area (Å²) in [5, 5.41) is 3.34. The third-order valence-corrected chi connectivity index (χ3v) is 6.50. The van der Waals surface area contributed by atoms with E-state index in [1.54, 1.807) is 13.2 Å². The van der Waals surface area contributed by atoms with Gasteiger partial charge in [0.1, 0.15) is 0 Å². The standard InChI is InChI=1S/C20H35N5O4S.HI/c1-5-13-29-19-18(7-6-8-22-19)16-23-20(21-4)24-9-11-25(12-10-24)30(26,27)15-14-28-17(2)3;/h6-8,17H,5,9-16H2,1-4H3,(H,21,23);1H. The quantitative estimate of drug-likeness (QED) is 0.262. The van der Waals surface area contributed by atoms with Crippen molar-refractivity contribution < 1.29 is 17.9 Å². The average molecular weight is 570 g/mol. The largest absolute Gasteiger partial charge is 0.477 e. The highest BCUT2D eigenvalue weighted by Gasteiger charge is 2.28. The van der Waals surface area contributed by atoms with Crippen molar-refractivity contribution in [2.24, 2.45) is 4.99 Å². The maximum atomic E-state index is 12.5. The highest BCUT2D eigenvalue weighted by Crippen LogP contribution is 2.15. The molecule has 1 aromatic rings. The van der Waals surface area contributed by atoms with Crippen LogP contribution in [0, 0.1) is 0 Å². The first-order chi connectivity index (χ1) is 14.4. The van der Waals surface area contributed by atoms with Gasteiger partial charge in [-0.2, -0.15) is 4.31 Å². The Balaban J connectivity index is 0.00000480. The molecule has 1 N–H and O–H groups in total. The molecule has 0 atom stereocenters. The Morgan fingerprint density at radius 2 is 1.97 bits per heavy atom. The molecule has 9 nitrogen and oxygen atoms in total. The fourth-order valence-corrected chi connectivity index (χ4v) is 4.37. The SMILES string of the molecule is CCCOc1ncccc1CNC(=NC)N1CCN(S(=O)(=O)CCOC(C)C)CC1.I. The number of rotatable bonds is 10. The number of piperazine rings is 1. The summed E-state index contributed by atoms with van der Waals surface area (Å²) >= 11 is 0. The van der Waals surface area contributed by atoms with Crippen molar-refractivity contribution in [2.45, 2.75) is 39.8 Å². The van der Waals surface area contributed by atoms with Crippen molar-refractivity contribution in [3.05, 3.63) is 23.9 Å². The second-order valence-electron chi connectivity index (χ2n) is 7.34. The van der Waals surface area contributed by atoms with Crippen molar-refractivity contribution in [1.82, 2.24) is 19.5 Å². The summed E-state index contributed by atoms with van der Waals surface area (Å²) in [5.41, 5.74) is 0.957. The molecule has 178 valence electrons. The Morgan fingerprint density at radius 3 is 2.58 bits per heavy atom. The van der Waals surface area contributed by atoms with Crippen LogP contribution in [-0.2, 0) is 21.3 Å². The molecule has 0 unspecified atom stereocenters. The van der Waals surface area contributed by atoms with E-state index in [1.807, 2.05) is 26.0 Å². The monoisotopic (exact) mass is 569 g/mol. The zero-order chi connectivity index (χ0) is 22.0. The molecule has 0 aliphatic carbocycles. The summed E-state index contributed by atoms with van der Waals surface area (Å²) in [6.07, 6.45) is 2.66. The molecule has 1 aliphatic rings. The van der Waals surface area contributed by atoms with Gasteiger partial charge in [0, 0.05) is 51.5 Å². The van der Waals surface area contributed by atoms with Crippen LogP contribution in [0.2, 0.25) is 0 Å². The minimum atomic E-state index is -3.31. The molecule has 2 heterocycles. The number of pyridine rings is 1. The lowest BCUT2D eigenvalue weighted by Gasteiger charge is -2.35. The molecular weight excluding hydrogens is 533 g/mol. The number of hydrogen-bond acceptors (Lipinski definition) is 6. The van der Waals surface area contributed by atoms with E-state index < -0.39 is 10.0 Å². The molecule has 0 saturated carbocycles. The minimum absolute atomic E-state index is 0. The van der Waals surface area contributed by atoms with Crippen molar-refractivity contribution >= 4 is 40.0 Å². The third-order valence-electron chi connectivity index (χ3n) is 4.67.